The van der Waals surface area contributed by atoms with E-state index in [0.717, 1.165) is 16.3 Å². The van der Waals surface area contributed by atoms with Crippen molar-refractivity contribution in [1.82, 2.24) is 9.97 Å². The first-order chi connectivity index (χ1) is 10.2. The molecule has 0 unspecified atom stereocenters. The molecule has 0 bridgehead atoms. The van der Waals surface area contributed by atoms with Crippen molar-refractivity contribution in [2.75, 3.05) is 12.4 Å². The summed E-state index contributed by atoms with van der Waals surface area (Å²) in [6, 6.07) is 10.5. The van der Waals surface area contributed by atoms with Crippen molar-refractivity contribution in [3.05, 3.63) is 58.9 Å². The fourth-order valence-corrected chi connectivity index (χ4v) is 2.22. The van der Waals surface area contributed by atoms with E-state index < -0.39 is 4.92 Å². The van der Waals surface area contributed by atoms with Crippen LogP contribution in [0.25, 0.3) is 22.0 Å². The summed E-state index contributed by atoms with van der Waals surface area (Å²) in [5.74, 6) is 0.458. The minimum atomic E-state index is -0.421. The first-order valence-electron chi connectivity index (χ1n) is 6.36. The van der Waals surface area contributed by atoms with Gasteiger partial charge in [-0.2, -0.15) is 0 Å². The van der Waals surface area contributed by atoms with E-state index in [-0.39, 0.29) is 5.69 Å². The molecule has 0 fully saturated rings. The molecule has 3 aromatic rings. The van der Waals surface area contributed by atoms with Gasteiger partial charge in [-0.05, 0) is 11.5 Å². The SMILES string of the molecule is CNc1cc([N+](=O)[O-])cc(-c2cccc3ccncc23)n1. The Kier molecular flexibility index (Phi) is 3.19. The molecule has 0 saturated heterocycles. The van der Waals surface area contributed by atoms with Gasteiger partial charge in [-0.25, -0.2) is 4.98 Å². The first kappa shape index (κ1) is 13.0. The Hall–Kier alpha value is -3.02. The number of rotatable bonds is 3. The molecular weight excluding hydrogens is 268 g/mol. The minimum absolute atomic E-state index is 0.00485. The molecule has 6 nitrogen and oxygen atoms in total. The number of pyridine rings is 2. The lowest BCUT2D eigenvalue weighted by Crippen LogP contribution is -1.98. The molecule has 1 aromatic carbocycles. The Morgan fingerprint density at radius 3 is 2.86 bits per heavy atom. The van der Waals surface area contributed by atoms with E-state index in [2.05, 4.69) is 15.3 Å². The third-order valence-electron chi connectivity index (χ3n) is 3.24. The lowest BCUT2D eigenvalue weighted by molar-refractivity contribution is -0.384. The number of benzene rings is 1. The van der Waals surface area contributed by atoms with E-state index >= 15 is 0 Å². The summed E-state index contributed by atoms with van der Waals surface area (Å²) in [4.78, 5) is 19.2. The van der Waals surface area contributed by atoms with Crippen LogP contribution < -0.4 is 5.32 Å². The highest BCUT2D eigenvalue weighted by molar-refractivity contribution is 5.95. The van der Waals surface area contributed by atoms with E-state index in [1.807, 2.05) is 24.3 Å². The summed E-state index contributed by atoms with van der Waals surface area (Å²) >= 11 is 0. The molecule has 0 saturated carbocycles. The number of nitrogens with one attached hydrogen (secondary N) is 1. The van der Waals surface area contributed by atoms with E-state index in [9.17, 15) is 10.1 Å². The molecule has 0 aliphatic heterocycles. The zero-order chi connectivity index (χ0) is 14.8. The van der Waals surface area contributed by atoms with Crippen molar-refractivity contribution in [3.63, 3.8) is 0 Å². The fraction of sp³-hybridized carbons (Fsp3) is 0.0667. The summed E-state index contributed by atoms with van der Waals surface area (Å²) in [6.07, 6.45) is 3.45. The molecular formula is C15H12N4O2. The largest absolute Gasteiger partial charge is 0.373 e. The van der Waals surface area contributed by atoms with E-state index in [1.54, 1.807) is 19.4 Å². The highest BCUT2D eigenvalue weighted by atomic mass is 16.6. The second-order valence-electron chi connectivity index (χ2n) is 4.51. The molecule has 104 valence electrons. The Labute approximate surface area is 120 Å². The van der Waals surface area contributed by atoms with Crippen LogP contribution in [0.15, 0.2) is 48.8 Å². The standard InChI is InChI=1S/C15H12N4O2/c1-16-15-8-11(19(20)21)7-14(18-15)12-4-2-3-10-5-6-17-9-13(10)12/h2-9H,1H3,(H,16,18). The van der Waals surface area contributed by atoms with Crippen LogP contribution in [0.4, 0.5) is 11.5 Å². The van der Waals surface area contributed by atoms with Gasteiger partial charge < -0.3 is 5.32 Å². The predicted octanol–water partition coefficient (Wildman–Crippen LogP) is 3.25. The normalized spacial score (nSPS) is 10.5. The smallest absolute Gasteiger partial charge is 0.275 e. The number of anilines is 1. The Bertz CT molecular complexity index is 828. The summed E-state index contributed by atoms with van der Waals surface area (Å²) in [5, 5.41) is 15.8. The van der Waals surface area contributed by atoms with Crippen LogP contribution in [-0.4, -0.2) is 21.9 Å². The number of nitro groups is 1. The number of hydrogen-bond acceptors (Lipinski definition) is 5. The Balaban J connectivity index is 2.27. The maximum atomic E-state index is 11.1. The molecule has 1 N–H and O–H groups in total. The number of hydrogen-bond donors (Lipinski definition) is 1. The van der Waals surface area contributed by atoms with Gasteiger partial charge in [-0.3, -0.25) is 15.1 Å². The topological polar surface area (TPSA) is 81.0 Å². The Morgan fingerprint density at radius 2 is 2.10 bits per heavy atom. The van der Waals surface area contributed by atoms with Gasteiger partial charge in [0.15, 0.2) is 0 Å². The van der Waals surface area contributed by atoms with Crippen LogP contribution in [0.1, 0.15) is 0 Å². The van der Waals surface area contributed by atoms with Crippen LogP contribution >= 0.6 is 0 Å². The molecule has 0 amide bonds. The van der Waals surface area contributed by atoms with Crippen molar-refractivity contribution >= 4 is 22.3 Å². The van der Waals surface area contributed by atoms with Gasteiger partial charge in [0.1, 0.15) is 5.82 Å². The second kappa shape index (κ2) is 5.16. The lowest BCUT2D eigenvalue weighted by Gasteiger charge is -2.07. The third kappa shape index (κ3) is 2.38. The molecule has 2 heterocycles. The average Bonchev–Trinajstić information content (AvgIpc) is 2.53. The molecule has 0 radical (unpaired) electrons. The highest BCUT2D eigenvalue weighted by Gasteiger charge is 2.13. The van der Waals surface area contributed by atoms with E-state index in [4.69, 9.17) is 0 Å². The molecule has 0 spiro atoms. The van der Waals surface area contributed by atoms with E-state index in [0.29, 0.717) is 11.5 Å². The molecule has 2 aromatic heterocycles. The monoisotopic (exact) mass is 280 g/mol. The van der Waals surface area contributed by atoms with Crippen LogP contribution in [-0.2, 0) is 0 Å². The van der Waals surface area contributed by atoms with Crippen molar-refractivity contribution < 1.29 is 4.92 Å². The molecule has 0 atom stereocenters. The average molecular weight is 280 g/mol. The maximum absolute atomic E-state index is 11.1. The lowest BCUT2D eigenvalue weighted by atomic mass is 10.0. The first-order valence-corrected chi connectivity index (χ1v) is 6.36. The number of fused-ring (bicyclic) bond motifs is 1. The summed E-state index contributed by atoms with van der Waals surface area (Å²) in [7, 11) is 1.68. The van der Waals surface area contributed by atoms with Crippen LogP contribution in [0.2, 0.25) is 0 Å². The second-order valence-corrected chi connectivity index (χ2v) is 4.51. The summed E-state index contributed by atoms with van der Waals surface area (Å²) in [5.41, 5.74) is 1.37. The van der Waals surface area contributed by atoms with Gasteiger partial charge in [0.2, 0.25) is 0 Å². The van der Waals surface area contributed by atoms with Gasteiger partial charge in [0.05, 0.1) is 16.7 Å². The van der Waals surface area contributed by atoms with Crippen LogP contribution in [0, 0.1) is 10.1 Å². The highest BCUT2D eigenvalue weighted by Crippen LogP contribution is 2.30. The van der Waals surface area contributed by atoms with Gasteiger partial charge in [0.25, 0.3) is 5.69 Å². The zero-order valence-electron chi connectivity index (χ0n) is 11.3. The predicted molar refractivity (Wildman–Crippen MR) is 81.2 cm³/mol. The van der Waals surface area contributed by atoms with Crippen molar-refractivity contribution in [1.29, 1.82) is 0 Å². The maximum Gasteiger partial charge on any atom is 0.275 e. The van der Waals surface area contributed by atoms with Gasteiger partial charge in [-0.15, -0.1) is 0 Å². The molecule has 6 heteroatoms. The minimum Gasteiger partial charge on any atom is -0.373 e. The molecule has 21 heavy (non-hydrogen) atoms. The molecule has 0 aliphatic rings. The third-order valence-corrected chi connectivity index (χ3v) is 3.24. The molecule has 3 rings (SSSR count). The number of aromatic nitrogens is 2. The van der Waals surface area contributed by atoms with Gasteiger partial charge in [-0.1, -0.05) is 18.2 Å². The van der Waals surface area contributed by atoms with Gasteiger partial charge >= 0.3 is 0 Å². The van der Waals surface area contributed by atoms with Gasteiger partial charge in [0, 0.05) is 36.5 Å². The Morgan fingerprint density at radius 1 is 1.24 bits per heavy atom. The quantitative estimate of drug-likeness (QED) is 0.588. The fourth-order valence-electron chi connectivity index (χ4n) is 2.22. The van der Waals surface area contributed by atoms with Crippen molar-refractivity contribution in [2.24, 2.45) is 0 Å². The van der Waals surface area contributed by atoms with E-state index in [1.165, 1.54) is 12.1 Å². The molecule has 0 aliphatic carbocycles. The number of nitrogens with zero attached hydrogens (tertiary/aromatic N) is 3. The summed E-state index contributed by atoms with van der Waals surface area (Å²) < 4.78 is 0. The van der Waals surface area contributed by atoms with Crippen molar-refractivity contribution in [2.45, 2.75) is 0 Å². The van der Waals surface area contributed by atoms with Crippen LogP contribution in [0.3, 0.4) is 0 Å². The van der Waals surface area contributed by atoms with Crippen molar-refractivity contribution in [3.8, 4) is 11.3 Å². The zero-order valence-corrected chi connectivity index (χ0v) is 11.3. The summed E-state index contributed by atoms with van der Waals surface area (Å²) in [6.45, 7) is 0. The van der Waals surface area contributed by atoms with Crippen LogP contribution in [0.5, 0.6) is 0 Å².